The highest BCUT2D eigenvalue weighted by Crippen LogP contribution is 2.46. The van der Waals surface area contributed by atoms with Crippen LogP contribution >= 0.6 is 11.8 Å². The minimum Gasteiger partial charge on any atom is -0.368 e. The van der Waals surface area contributed by atoms with Gasteiger partial charge < -0.3 is 15.6 Å². The Bertz CT molecular complexity index is 495. The summed E-state index contributed by atoms with van der Waals surface area (Å²) in [6.07, 6.45) is 5.70. The number of rotatable bonds is 8. The van der Waals surface area contributed by atoms with Crippen LogP contribution in [0.4, 0.5) is 0 Å². The molecule has 1 atom stereocenters. The summed E-state index contributed by atoms with van der Waals surface area (Å²) in [7, 11) is 1.76. The van der Waals surface area contributed by atoms with Crippen molar-refractivity contribution >= 4 is 17.7 Å². The summed E-state index contributed by atoms with van der Waals surface area (Å²) in [5, 5.41) is 12.7. The normalized spacial score (nSPS) is 20.1. The smallest absolute Gasteiger partial charge is 0.234 e. The number of aromatic nitrogens is 3. The minimum atomic E-state index is -0.296. The first kappa shape index (κ1) is 13.9. The van der Waals surface area contributed by atoms with Crippen molar-refractivity contribution in [3.05, 3.63) is 5.82 Å². The van der Waals surface area contributed by atoms with Crippen molar-refractivity contribution in [2.45, 2.75) is 55.3 Å². The van der Waals surface area contributed by atoms with E-state index in [0.29, 0.717) is 18.4 Å². The molecule has 2 aliphatic carbocycles. The van der Waals surface area contributed by atoms with Crippen molar-refractivity contribution in [3.8, 4) is 0 Å². The maximum absolute atomic E-state index is 11.2. The Labute approximate surface area is 122 Å². The number of carbonyl (C=O) groups excluding carboxylic acids is 1. The Morgan fingerprint density at radius 3 is 2.75 bits per heavy atom. The Morgan fingerprint density at radius 2 is 2.20 bits per heavy atom. The molecular formula is C13H21N5OS. The molecule has 6 nitrogen and oxygen atoms in total. The average molecular weight is 295 g/mol. The topological polar surface area (TPSA) is 85.8 Å². The van der Waals surface area contributed by atoms with Crippen LogP contribution in [0, 0.1) is 0 Å². The first-order valence-corrected chi connectivity index (χ1v) is 8.23. The van der Waals surface area contributed by atoms with Crippen LogP contribution in [0.3, 0.4) is 0 Å². The molecule has 3 rings (SSSR count). The Morgan fingerprint density at radius 1 is 1.45 bits per heavy atom. The molecule has 0 radical (unpaired) electrons. The van der Waals surface area contributed by atoms with E-state index in [9.17, 15) is 4.79 Å². The third-order valence-electron chi connectivity index (χ3n) is 3.88. The van der Waals surface area contributed by atoms with Crippen LogP contribution < -0.4 is 11.1 Å². The van der Waals surface area contributed by atoms with Crippen molar-refractivity contribution in [2.24, 2.45) is 5.73 Å². The van der Waals surface area contributed by atoms with E-state index in [0.717, 1.165) is 10.9 Å². The van der Waals surface area contributed by atoms with Gasteiger partial charge in [0.05, 0.1) is 6.04 Å². The number of thioether (sulfide) groups is 1. The lowest BCUT2D eigenvalue weighted by Crippen LogP contribution is -2.39. The summed E-state index contributed by atoms with van der Waals surface area (Å²) in [4.78, 5) is 11.2. The molecule has 110 valence electrons. The standard InChI is InChI=1S/C13H21N5OS/c1-15-10(11(14)19)6-7-20-13-17-16-12(8-2-3-8)18(13)9-4-5-9/h8-10,15H,2-7H2,1H3,(H2,14,19). The van der Waals surface area contributed by atoms with Crippen LogP contribution in [0.25, 0.3) is 0 Å². The molecule has 20 heavy (non-hydrogen) atoms. The highest BCUT2D eigenvalue weighted by molar-refractivity contribution is 7.99. The van der Waals surface area contributed by atoms with Gasteiger partial charge in [0.2, 0.25) is 5.91 Å². The van der Waals surface area contributed by atoms with E-state index in [-0.39, 0.29) is 11.9 Å². The van der Waals surface area contributed by atoms with E-state index >= 15 is 0 Å². The van der Waals surface area contributed by atoms with Gasteiger partial charge in [0.15, 0.2) is 5.16 Å². The Hall–Kier alpha value is -1.08. The summed E-state index contributed by atoms with van der Waals surface area (Å²) >= 11 is 1.68. The molecule has 1 amide bonds. The monoisotopic (exact) mass is 295 g/mol. The minimum absolute atomic E-state index is 0.261. The molecule has 1 aromatic rings. The number of primary amides is 1. The maximum Gasteiger partial charge on any atom is 0.234 e. The highest BCUT2D eigenvalue weighted by Gasteiger charge is 2.36. The third-order valence-corrected chi connectivity index (χ3v) is 4.85. The van der Waals surface area contributed by atoms with Gasteiger partial charge in [-0.1, -0.05) is 11.8 Å². The predicted molar refractivity (Wildman–Crippen MR) is 77.7 cm³/mol. The van der Waals surface area contributed by atoms with Gasteiger partial charge in [0.25, 0.3) is 0 Å². The van der Waals surface area contributed by atoms with Gasteiger partial charge in [-0.25, -0.2) is 0 Å². The number of carbonyl (C=O) groups is 1. The van der Waals surface area contributed by atoms with E-state index in [2.05, 4.69) is 20.1 Å². The second-order valence-electron chi connectivity index (χ2n) is 5.60. The van der Waals surface area contributed by atoms with Crippen LogP contribution in [-0.2, 0) is 4.79 Å². The van der Waals surface area contributed by atoms with Gasteiger partial charge in [-0.15, -0.1) is 10.2 Å². The van der Waals surface area contributed by atoms with E-state index < -0.39 is 0 Å². The van der Waals surface area contributed by atoms with Gasteiger partial charge in [-0.2, -0.15) is 0 Å². The maximum atomic E-state index is 11.2. The van der Waals surface area contributed by atoms with E-state index in [1.807, 2.05) is 0 Å². The lowest BCUT2D eigenvalue weighted by atomic mass is 10.2. The number of nitrogens with one attached hydrogen (secondary N) is 1. The zero-order chi connectivity index (χ0) is 14.1. The molecule has 0 aliphatic heterocycles. The highest BCUT2D eigenvalue weighted by atomic mass is 32.2. The van der Waals surface area contributed by atoms with Crippen molar-refractivity contribution in [3.63, 3.8) is 0 Å². The molecule has 0 aromatic carbocycles. The molecule has 1 heterocycles. The quantitative estimate of drug-likeness (QED) is 0.700. The fraction of sp³-hybridized carbons (Fsp3) is 0.769. The van der Waals surface area contributed by atoms with Crippen molar-refractivity contribution in [1.29, 1.82) is 0 Å². The van der Waals surface area contributed by atoms with Gasteiger partial charge in [-0.05, 0) is 39.2 Å². The second-order valence-corrected chi connectivity index (χ2v) is 6.66. The number of hydrogen-bond acceptors (Lipinski definition) is 5. The van der Waals surface area contributed by atoms with Gasteiger partial charge in [0.1, 0.15) is 5.82 Å². The number of hydrogen-bond donors (Lipinski definition) is 2. The molecule has 7 heteroatoms. The van der Waals surface area contributed by atoms with Crippen molar-refractivity contribution in [2.75, 3.05) is 12.8 Å². The second kappa shape index (κ2) is 5.73. The molecule has 3 N–H and O–H groups in total. The Kier molecular flexibility index (Phi) is 3.98. The van der Waals surface area contributed by atoms with E-state index in [4.69, 9.17) is 5.73 Å². The van der Waals surface area contributed by atoms with Gasteiger partial charge in [0, 0.05) is 17.7 Å². The molecule has 0 saturated heterocycles. The number of likely N-dealkylation sites (N-methyl/N-ethyl adjacent to an activating group) is 1. The first-order valence-electron chi connectivity index (χ1n) is 7.25. The third kappa shape index (κ3) is 2.98. The van der Waals surface area contributed by atoms with Crippen LogP contribution in [0.5, 0.6) is 0 Å². The number of nitrogens with two attached hydrogens (primary N) is 1. The predicted octanol–water partition coefficient (Wildman–Crippen LogP) is 1.05. The zero-order valence-corrected chi connectivity index (χ0v) is 12.5. The zero-order valence-electron chi connectivity index (χ0n) is 11.7. The Balaban J connectivity index is 1.61. The van der Waals surface area contributed by atoms with Crippen LogP contribution in [-0.4, -0.2) is 39.5 Å². The molecule has 2 aliphatic rings. The summed E-state index contributed by atoms with van der Waals surface area (Å²) in [6, 6.07) is 0.349. The molecular weight excluding hydrogens is 274 g/mol. The summed E-state index contributed by atoms with van der Waals surface area (Å²) < 4.78 is 2.33. The SMILES string of the molecule is CNC(CCSc1nnc(C2CC2)n1C1CC1)C(N)=O. The first-order chi connectivity index (χ1) is 9.70. The van der Waals surface area contributed by atoms with Crippen LogP contribution in [0.15, 0.2) is 5.16 Å². The molecule has 2 fully saturated rings. The van der Waals surface area contributed by atoms with Crippen molar-refractivity contribution < 1.29 is 4.79 Å². The van der Waals surface area contributed by atoms with Gasteiger partial charge >= 0.3 is 0 Å². The van der Waals surface area contributed by atoms with Crippen LogP contribution in [0.1, 0.15) is 49.9 Å². The summed E-state index contributed by atoms with van der Waals surface area (Å²) in [6.45, 7) is 0. The summed E-state index contributed by atoms with van der Waals surface area (Å²) in [5.41, 5.74) is 5.32. The molecule has 0 bridgehead atoms. The van der Waals surface area contributed by atoms with E-state index in [1.165, 1.54) is 31.5 Å². The molecule has 1 aromatic heterocycles. The molecule has 1 unspecified atom stereocenters. The van der Waals surface area contributed by atoms with Crippen LogP contribution in [0.2, 0.25) is 0 Å². The lowest BCUT2D eigenvalue weighted by Gasteiger charge is -2.12. The van der Waals surface area contributed by atoms with E-state index in [1.54, 1.807) is 18.8 Å². The van der Waals surface area contributed by atoms with Crippen molar-refractivity contribution in [1.82, 2.24) is 20.1 Å². The largest absolute Gasteiger partial charge is 0.368 e. The lowest BCUT2D eigenvalue weighted by molar-refractivity contribution is -0.119. The summed E-state index contributed by atoms with van der Waals surface area (Å²) in [5.74, 6) is 2.34. The fourth-order valence-electron chi connectivity index (χ4n) is 2.38. The fourth-order valence-corrected chi connectivity index (χ4v) is 3.40. The number of amides is 1. The molecule has 2 saturated carbocycles. The van der Waals surface area contributed by atoms with Gasteiger partial charge in [-0.3, -0.25) is 4.79 Å². The number of nitrogens with zero attached hydrogens (tertiary/aromatic N) is 3. The molecule has 0 spiro atoms. The average Bonchev–Trinajstić information content (AvgIpc) is 3.33.